The highest BCUT2D eigenvalue weighted by atomic mass is 35.5. The Kier molecular flexibility index (Phi) is 4.08. The third-order valence-corrected chi connectivity index (χ3v) is 4.98. The van der Waals surface area contributed by atoms with Gasteiger partial charge in [-0.3, -0.25) is 0 Å². The Morgan fingerprint density at radius 3 is 2.90 bits per heavy atom. The molecular formula is C16H14ClNO2S. The van der Waals surface area contributed by atoms with Gasteiger partial charge < -0.3 is 10.5 Å². The second-order valence-corrected chi connectivity index (χ2v) is 6.64. The summed E-state index contributed by atoms with van der Waals surface area (Å²) in [5.74, 6) is -0.366. The van der Waals surface area contributed by atoms with Gasteiger partial charge in [-0.2, -0.15) is 0 Å². The number of hydrogen-bond acceptors (Lipinski definition) is 4. The lowest BCUT2D eigenvalue weighted by Gasteiger charge is -2.10. The molecule has 0 spiro atoms. The third kappa shape index (κ3) is 3.17. The smallest absolute Gasteiger partial charge is 0.338 e. The van der Waals surface area contributed by atoms with Gasteiger partial charge in [-0.25, -0.2) is 4.79 Å². The highest BCUT2D eigenvalue weighted by molar-refractivity contribution is 8.00. The van der Waals surface area contributed by atoms with Crippen molar-refractivity contribution in [3.63, 3.8) is 0 Å². The summed E-state index contributed by atoms with van der Waals surface area (Å²) < 4.78 is 5.38. The number of fused-ring (bicyclic) bond motifs is 1. The number of carbonyl (C=O) groups is 1. The molecule has 0 bridgehead atoms. The number of nitrogen functional groups attached to an aromatic ring is 1. The minimum atomic E-state index is -0.366. The Hall–Kier alpha value is -1.65. The van der Waals surface area contributed by atoms with Crippen LogP contribution in [0.3, 0.4) is 0 Å². The number of thioether (sulfide) groups is 1. The Morgan fingerprint density at radius 1 is 1.33 bits per heavy atom. The van der Waals surface area contributed by atoms with Crippen LogP contribution in [0.5, 0.6) is 0 Å². The van der Waals surface area contributed by atoms with Crippen LogP contribution in [-0.2, 0) is 11.2 Å². The Morgan fingerprint density at radius 2 is 2.14 bits per heavy atom. The van der Waals surface area contributed by atoms with Gasteiger partial charge in [0, 0.05) is 10.1 Å². The van der Waals surface area contributed by atoms with Crippen molar-refractivity contribution in [3.8, 4) is 0 Å². The van der Waals surface area contributed by atoms with Gasteiger partial charge in [0.1, 0.15) is 6.61 Å². The molecule has 1 heterocycles. The van der Waals surface area contributed by atoms with E-state index in [9.17, 15) is 4.79 Å². The molecular weight excluding hydrogens is 306 g/mol. The number of benzene rings is 2. The largest absolute Gasteiger partial charge is 0.461 e. The fraction of sp³-hybridized carbons (Fsp3) is 0.188. The van der Waals surface area contributed by atoms with Crippen molar-refractivity contribution in [1.82, 2.24) is 0 Å². The molecule has 2 aromatic rings. The summed E-state index contributed by atoms with van der Waals surface area (Å²) in [6.45, 7) is 0.390. The van der Waals surface area contributed by atoms with Crippen molar-refractivity contribution >= 4 is 35.0 Å². The van der Waals surface area contributed by atoms with E-state index in [0.29, 0.717) is 22.9 Å². The zero-order valence-electron chi connectivity index (χ0n) is 11.2. The molecule has 5 heteroatoms. The minimum absolute atomic E-state index is 0.274. The number of rotatable bonds is 3. The maximum absolute atomic E-state index is 12.0. The van der Waals surface area contributed by atoms with Gasteiger partial charge in [-0.05, 0) is 36.2 Å². The standard InChI is InChI=1S/C16H14ClNO2S/c17-13-6-5-11(8-14(13)18)16(19)20-9-12-7-10-3-1-2-4-15(10)21-12/h1-6,8,12H,7,9,18H2. The predicted molar refractivity (Wildman–Crippen MR) is 85.9 cm³/mol. The number of hydrogen-bond donors (Lipinski definition) is 1. The average molecular weight is 320 g/mol. The maximum atomic E-state index is 12.0. The maximum Gasteiger partial charge on any atom is 0.338 e. The van der Waals surface area contributed by atoms with Crippen molar-refractivity contribution in [3.05, 3.63) is 58.6 Å². The summed E-state index contributed by atoms with van der Waals surface area (Å²) in [6.07, 6.45) is 0.927. The monoisotopic (exact) mass is 319 g/mol. The van der Waals surface area contributed by atoms with Crippen LogP contribution in [0.4, 0.5) is 5.69 Å². The van der Waals surface area contributed by atoms with E-state index < -0.39 is 0 Å². The quantitative estimate of drug-likeness (QED) is 0.690. The van der Waals surface area contributed by atoms with Crippen LogP contribution in [0.2, 0.25) is 5.02 Å². The van der Waals surface area contributed by atoms with Crippen molar-refractivity contribution in [2.75, 3.05) is 12.3 Å². The van der Waals surface area contributed by atoms with E-state index in [2.05, 4.69) is 12.1 Å². The SMILES string of the molecule is Nc1cc(C(=O)OCC2Cc3ccccc3S2)ccc1Cl. The number of anilines is 1. The molecule has 0 saturated heterocycles. The molecule has 0 aliphatic carbocycles. The third-order valence-electron chi connectivity index (χ3n) is 3.35. The molecule has 3 rings (SSSR count). The lowest BCUT2D eigenvalue weighted by molar-refractivity contribution is 0.0507. The second kappa shape index (κ2) is 6.00. The van der Waals surface area contributed by atoms with Gasteiger partial charge in [0.2, 0.25) is 0 Å². The van der Waals surface area contributed by atoms with Crippen LogP contribution >= 0.6 is 23.4 Å². The fourth-order valence-electron chi connectivity index (χ4n) is 2.27. The summed E-state index contributed by atoms with van der Waals surface area (Å²) >= 11 is 7.59. The first kappa shape index (κ1) is 14.3. The van der Waals surface area contributed by atoms with Gasteiger partial charge in [0.15, 0.2) is 0 Å². The van der Waals surface area contributed by atoms with E-state index in [0.717, 1.165) is 6.42 Å². The molecule has 108 valence electrons. The number of ether oxygens (including phenoxy) is 1. The first-order chi connectivity index (χ1) is 10.1. The highest BCUT2D eigenvalue weighted by Gasteiger charge is 2.23. The summed E-state index contributed by atoms with van der Waals surface area (Å²) in [5.41, 5.74) is 7.82. The van der Waals surface area contributed by atoms with E-state index in [4.69, 9.17) is 22.1 Å². The Balaban J connectivity index is 1.59. The first-order valence-corrected chi connectivity index (χ1v) is 7.86. The van der Waals surface area contributed by atoms with Crippen LogP contribution in [0.25, 0.3) is 0 Å². The second-order valence-electron chi connectivity index (χ2n) is 4.89. The number of carbonyl (C=O) groups excluding carboxylic acids is 1. The summed E-state index contributed by atoms with van der Waals surface area (Å²) in [6, 6.07) is 13.0. The zero-order valence-corrected chi connectivity index (χ0v) is 12.8. The average Bonchev–Trinajstić information content (AvgIpc) is 2.90. The van der Waals surface area contributed by atoms with Crippen molar-refractivity contribution < 1.29 is 9.53 Å². The number of esters is 1. The van der Waals surface area contributed by atoms with Gasteiger partial charge in [-0.1, -0.05) is 29.8 Å². The van der Waals surface area contributed by atoms with Crippen LogP contribution in [0.1, 0.15) is 15.9 Å². The van der Waals surface area contributed by atoms with Crippen LogP contribution in [0.15, 0.2) is 47.4 Å². The lowest BCUT2D eigenvalue weighted by atomic mass is 10.1. The lowest BCUT2D eigenvalue weighted by Crippen LogP contribution is -2.15. The predicted octanol–water partition coefficient (Wildman–Crippen LogP) is 3.80. The normalized spacial score (nSPS) is 16.5. The Bertz CT molecular complexity index is 665. The van der Waals surface area contributed by atoms with Gasteiger partial charge in [0.25, 0.3) is 0 Å². The van der Waals surface area contributed by atoms with E-state index in [1.165, 1.54) is 10.5 Å². The molecule has 0 saturated carbocycles. The molecule has 21 heavy (non-hydrogen) atoms. The number of halogens is 1. The van der Waals surface area contributed by atoms with Crippen molar-refractivity contribution in [2.24, 2.45) is 0 Å². The molecule has 1 aliphatic heterocycles. The van der Waals surface area contributed by atoms with Gasteiger partial charge in [-0.15, -0.1) is 11.8 Å². The molecule has 1 aliphatic rings. The van der Waals surface area contributed by atoms with Crippen molar-refractivity contribution in [2.45, 2.75) is 16.6 Å². The summed E-state index contributed by atoms with van der Waals surface area (Å²) in [7, 11) is 0. The van der Waals surface area contributed by atoms with Crippen molar-refractivity contribution in [1.29, 1.82) is 0 Å². The molecule has 1 unspecified atom stereocenters. The molecule has 0 amide bonds. The fourth-order valence-corrected chi connectivity index (χ4v) is 3.61. The van der Waals surface area contributed by atoms with E-state index in [1.54, 1.807) is 30.0 Å². The molecule has 0 fully saturated rings. The molecule has 2 aromatic carbocycles. The molecule has 0 aromatic heterocycles. The zero-order chi connectivity index (χ0) is 14.8. The Labute approximate surface area is 132 Å². The molecule has 2 N–H and O–H groups in total. The van der Waals surface area contributed by atoms with E-state index in [1.807, 2.05) is 12.1 Å². The van der Waals surface area contributed by atoms with E-state index >= 15 is 0 Å². The van der Waals surface area contributed by atoms with Crippen LogP contribution in [0, 0.1) is 0 Å². The van der Waals surface area contributed by atoms with Crippen LogP contribution in [-0.4, -0.2) is 17.8 Å². The topological polar surface area (TPSA) is 52.3 Å². The summed E-state index contributed by atoms with van der Waals surface area (Å²) in [4.78, 5) is 13.3. The van der Waals surface area contributed by atoms with Crippen LogP contribution < -0.4 is 5.73 Å². The highest BCUT2D eigenvalue weighted by Crippen LogP contribution is 2.36. The van der Waals surface area contributed by atoms with Gasteiger partial charge >= 0.3 is 5.97 Å². The molecule has 3 nitrogen and oxygen atoms in total. The van der Waals surface area contributed by atoms with E-state index in [-0.39, 0.29) is 11.2 Å². The van der Waals surface area contributed by atoms with Gasteiger partial charge in [0.05, 0.1) is 16.3 Å². The number of nitrogens with two attached hydrogens (primary N) is 1. The summed E-state index contributed by atoms with van der Waals surface area (Å²) in [5, 5.41) is 0.712. The minimum Gasteiger partial charge on any atom is -0.461 e. The first-order valence-electron chi connectivity index (χ1n) is 6.60. The molecule has 0 radical (unpaired) electrons. The molecule has 1 atom stereocenters.